The molecule has 0 bridgehead atoms. The molecule has 4 heterocycles. The van der Waals surface area contributed by atoms with Crippen LogP contribution in [0.4, 0.5) is 11.8 Å². The van der Waals surface area contributed by atoms with Gasteiger partial charge in [0.1, 0.15) is 11.5 Å². The topological polar surface area (TPSA) is 85.6 Å². The third kappa shape index (κ3) is 3.34. The van der Waals surface area contributed by atoms with Gasteiger partial charge in [-0.1, -0.05) is 0 Å². The maximum absolute atomic E-state index is 5.98. The number of methoxy groups -OCH3 is 1. The van der Waals surface area contributed by atoms with Crippen molar-refractivity contribution in [3.63, 3.8) is 0 Å². The third-order valence-electron chi connectivity index (χ3n) is 4.25. The lowest BCUT2D eigenvalue weighted by molar-refractivity contribution is 0.247. The van der Waals surface area contributed by atoms with Crippen LogP contribution in [0, 0.1) is 5.92 Å². The Labute approximate surface area is 145 Å². The monoisotopic (exact) mass is 340 g/mol. The highest BCUT2D eigenvalue weighted by atomic mass is 16.5. The van der Waals surface area contributed by atoms with Crippen molar-refractivity contribution in [1.82, 2.24) is 24.7 Å². The first-order valence-corrected chi connectivity index (χ1v) is 8.26. The van der Waals surface area contributed by atoms with Crippen molar-refractivity contribution in [3.8, 4) is 11.5 Å². The molecule has 8 nitrogen and oxygen atoms in total. The van der Waals surface area contributed by atoms with Gasteiger partial charge in [-0.05, 0) is 19.0 Å². The molecule has 4 rings (SSSR count). The van der Waals surface area contributed by atoms with Gasteiger partial charge in [-0.2, -0.15) is 0 Å². The van der Waals surface area contributed by atoms with E-state index in [-0.39, 0.29) is 0 Å². The van der Waals surface area contributed by atoms with Crippen molar-refractivity contribution in [3.05, 3.63) is 36.9 Å². The first kappa shape index (κ1) is 15.6. The summed E-state index contributed by atoms with van der Waals surface area (Å²) in [6.45, 7) is 2.70. The molecule has 1 saturated heterocycles. The van der Waals surface area contributed by atoms with Crippen LogP contribution in [-0.2, 0) is 0 Å². The predicted molar refractivity (Wildman–Crippen MR) is 93.5 cm³/mol. The molecule has 1 atom stereocenters. The molecule has 0 aliphatic carbocycles. The van der Waals surface area contributed by atoms with Crippen LogP contribution in [0.3, 0.4) is 0 Å². The second-order valence-corrected chi connectivity index (χ2v) is 5.94. The summed E-state index contributed by atoms with van der Waals surface area (Å²) in [4.78, 5) is 13.0. The number of rotatable bonds is 6. The lowest BCUT2D eigenvalue weighted by Crippen LogP contribution is -2.16. The summed E-state index contributed by atoms with van der Waals surface area (Å²) in [5.41, 5.74) is 0.816. The fourth-order valence-electron chi connectivity index (χ4n) is 2.88. The number of nitrogens with one attached hydrogen (secondary N) is 2. The summed E-state index contributed by atoms with van der Waals surface area (Å²) in [6, 6.07) is 3.68. The molecule has 0 aromatic carbocycles. The molecular weight excluding hydrogens is 320 g/mol. The molecule has 25 heavy (non-hydrogen) atoms. The van der Waals surface area contributed by atoms with E-state index in [9.17, 15) is 0 Å². The molecule has 1 aliphatic rings. The highest BCUT2D eigenvalue weighted by molar-refractivity contribution is 5.56. The van der Waals surface area contributed by atoms with Crippen LogP contribution in [0.15, 0.2) is 36.9 Å². The van der Waals surface area contributed by atoms with Gasteiger partial charge >= 0.3 is 0 Å². The van der Waals surface area contributed by atoms with Gasteiger partial charge in [0.2, 0.25) is 5.95 Å². The van der Waals surface area contributed by atoms with E-state index >= 15 is 0 Å². The molecule has 3 aromatic rings. The molecule has 0 unspecified atom stereocenters. The van der Waals surface area contributed by atoms with Crippen LogP contribution in [0.2, 0.25) is 0 Å². The van der Waals surface area contributed by atoms with Crippen molar-refractivity contribution in [2.75, 3.05) is 32.1 Å². The smallest absolute Gasteiger partial charge is 0.214 e. The summed E-state index contributed by atoms with van der Waals surface area (Å²) >= 11 is 0. The van der Waals surface area contributed by atoms with Crippen molar-refractivity contribution in [2.24, 2.45) is 5.92 Å². The summed E-state index contributed by atoms with van der Waals surface area (Å²) in [7, 11) is 1.61. The summed E-state index contributed by atoms with van der Waals surface area (Å²) in [5, 5.41) is 6.55. The Morgan fingerprint density at radius 2 is 2.24 bits per heavy atom. The fraction of sp³-hybridized carbons (Fsp3) is 0.353. The van der Waals surface area contributed by atoms with Crippen LogP contribution >= 0.6 is 0 Å². The minimum Gasteiger partial charge on any atom is -0.491 e. The fourth-order valence-corrected chi connectivity index (χ4v) is 2.88. The highest BCUT2D eigenvalue weighted by Gasteiger charge is 2.17. The van der Waals surface area contributed by atoms with E-state index in [0.29, 0.717) is 35.8 Å². The van der Waals surface area contributed by atoms with Crippen LogP contribution in [0.1, 0.15) is 6.42 Å². The van der Waals surface area contributed by atoms with Crippen molar-refractivity contribution in [1.29, 1.82) is 0 Å². The van der Waals surface area contributed by atoms with Crippen molar-refractivity contribution < 1.29 is 9.47 Å². The minimum atomic E-state index is 0.524. The lowest BCUT2D eigenvalue weighted by Gasteiger charge is -2.15. The molecule has 0 saturated carbocycles. The molecule has 0 amide bonds. The number of ether oxygens (including phenoxy) is 2. The Hall–Kier alpha value is -2.87. The average Bonchev–Trinajstić information content (AvgIpc) is 3.32. The van der Waals surface area contributed by atoms with Crippen molar-refractivity contribution >= 4 is 17.4 Å². The number of hydrogen-bond acceptors (Lipinski definition) is 7. The normalized spacial score (nSPS) is 16.9. The van der Waals surface area contributed by atoms with Gasteiger partial charge in [0.25, 0.3) is 0 Å². The average molecular weight is 340 g/mol. The molecular formula is C17H20N6O2. The molecule has 1 fully saturated rings. The zero-order valence-corrected chi connectivity index (χ0v) is 14.0. The molecule has 0 radical (unpaired) electrons. The number of anilines is 2. The molecule has 0 spiro atoms. The zero-order valence-electron chi connectivity index (χ0n) is 14.0. The Bertz CT molecular complexity index is 859. The maximum atomic E-state index is 5.98. The number of fused-ring (bicyclic) bond motifs is 1. The molecule has 8 heteroatoms. The van der Waals surface area contributed by atoms with Gasteiger partial charge < -0.3 is 20.1 Å². The maximum Gasteiger partial charge on any atom is 0.214 e. The Balaban J connectivity index is 1.55. The van der Waals surface area contributed by atoms with Gasteiger partial charge in [0, 0.05) is 37.1 Å². The van der Waals surface area contributed by atoms with E-state index in [1.54, 1.807) is 25.7 Å². The second-order valence-electron chi connectivity index (χ2n) is 5.94. The third-order valence-corrected chi connectivity index (χ3v) is 4.25. The largest absolute Gasteiger partial charge is 0.491 e. The molecule has 130 valence electrons. The SMILES string of the molecule is COc1cnc(Nc2nccc3nccn23)cc1OC[C@@H]1CCNC1. The first-order valence-electron chi connectivity index (χ1n) is 8.26. The Morgan fingerprint density at radius 1 is 1.28 bits per heavy atom. The first-order chi connectivity index (χ1) is 12.3. The molecule has 1 aliphatic heterocycles. The summed E-state index contributed by atoms with van der Waals surface area (Å²) < 4.78 is 13.2. The number of hydrogen-bond donors (Lipinski definition) is 2. The van der Waals surface area contributed by atoms with Gasteiger partial charge in [-0.25, -0.2) is 15.0 Å². The van der Waals surface area contributed by atoms with Gasteiger partial charge in [0.15, 0.2) is 11.5 Å². The van der Waals surface area contributed by atoms with Gasteiger partial charge in [0.05, 0.1) is 19.9 Å². The summed E-state index contributed by atoms with van der Waals surface area (Å²) in [5.74, 6) is 3.08. The Morgan fingerprint density at radius 3 is 3.08 bits per heavy atom. The predicted octanol–water partition coefficient (Wildman–Crippen LogP) is 1.86. The number of pyridine rings is 1. The molecule has 2 N–H and O–H groups in total. The van der Waals surface area contributed by atoms with E-state index < -0.39 is 0 Å². The lowest BCUT2D eigenvalue weighted by atomic mass is 10.1. The number of imidazole rings is 1. The summed E-state index contributed by atoms with van der Waals surface area (Å²) in [6.07, 6.45) is 8.06. The quantitative estimate of drug-likeness (QED) is 0.708. The van der Waals surface area contributed by atoms with E-state index in [1.807, 2.05) is 22.7 Å². The second kappa shape index (κ2) is 6.94. The van der Waals surface area contributed by atoms with Crippen LogP contribution < -0.4 is 20.1 Å². The van der Waals surface area contributed by atoms with E-state index in [4.69, 9.17) is 9.47 Å². The van der Waals surface area contributed by atoms with Gasteiger partial charge in [-0.15, -0.1) is 0 Å². The minimum absolute atomic E-state index is 0.524. The zero-order chi connectivity index (χ0) is 17.1. The van der Waals surface area contributed by atoms with E-state index in [2.05, 4.69) is 25.6 Å². The van der Waals surface area contributed by atoms with E-state index in [0.717, 1.165) is 25.2 Å². The van der Waals surface area contributed by atoms with Crippen molar-refractivity contribution in [2.45, 2.75) is 6.42 Å². The molecule has 3 aromatic heterocycles. The number of nitrogens with zero attached hydrogens (tertiary/aromatic N) is 4. The highest BCUT2D eigenvalue weighted by Crippen LogP contribution is 2.30. The van der Waals surface area contributed by atoms with Crippen LogP contribution in [-0.4, -0.2) is 46.2 Å². The number of aromatic nitrogens is 4. The van der Waals surface area contributed by atoms with Gasteiger partial charge in [-0.3, -0.25) is 4.40 Å². The Kier molecular flexibility index (Phi) is 4.34. The van der Waals surface area contributed by atoms with Crippen LogP contribution in [0.25, 0.3) is 5.65 Å². The standard InChI is InChI=1S/C17H20N6O2/c1-24-14-10-21-15(8-13(14)25-11-12-2-4-18-9-12)22-17-20-5-3-16-19-6-7-23(16)17/h3,5-8,10,12,18H,2,4,9,11H2,1H3,(H,20,21,22)/t12-/m1/s1. The van der Waals surface area contributed by atoms with Crippen LogP contribution in [0.5, 0.6) is 11.5 Å². The van der Waals surface area contributed by atoms with E-state index in [1.165, 1.54) is 0 Å².